The highest BCUT2D eigenvalue weighted by Crippen LogP contribution is 2.56. The predicted octanol–water partition coefficient (Wildman–Crippen LogP) is 2.63. The van der Waals surface area contributed by atoms with Gasteiger partial charge in [-0.1, -0.05) is 0 Å². The molecule has 4 aliphatic rings. The molecule has 2 aromatic rings. The summed E-state index contributed by atoms with van der Waals surface area (Å²) in [6.45, 7) is 1.57. The highest BCUT2D eigenvalue weighted by Gasteiger charge is 2.57. The van der Waals surface area contributed by atoms with E-state index in [1.807, 2.05) is 0 Å². The van der Waals surface area contributed by atoms with E-state index in [-0.39, 0.29) is 41.7 Å². The zero-order chi connectivity index (χ0) is 23.9. The number of hydrogen-bond donors (Lipinski definition) is 3. The summed E-state index contributed by atoms with van der Waals surface area (Å²) in [6, 6.07) is 2.93. The van der Waals surface area contributed by atoms with Crippen molar-refractivity contribution in [3.05, 3.63) is 23.5 Å². The summed E-state index contributed by atoms with van der Waals surface area (Å²) in [5.41, 5.74) is 0.739. The van der Waals surface area contributed by atoms with Crippen LogP contribution in [0.5, 0.6) is 5.88 Å². The quantitative estimate of drug-likeness (QED) is 0.503. The number of halogens is 2. The first-order valence-electron chi connectivity index (χ1n) is 11.3. The van der Waals surface area contributed by atoms with E-state index in [1.165, 1.54) is 10.7 Å². The van der Waals surface area contributed by atoms with Crippen LogP contribution in [0.15, 0.2) is 12.1 Å². The molecule has 2 aromatic heterocycles. The number of nitrogens with zero attached hydrogens (tertiary/aromatic N) is 3. The zero-order valence-corrected chi connectivity index (χ0v) is 18.6. The fourth-order valence-corrected chi connectivity index (χ4v) is 4.71. The fourth-order valence-electron chi connectivity index (χ4n) is 4.71. The molecule has 3 saturated carbocycles. The highest BCUT2D eigenvalue weighted by atomic mass is 19.3. The number of nitrogens with one attached hydrogen (secondary N) is 3. The topological polar surface area (TPSA) is 132 Å². The Bertz CT molecular complexity index is 1050. The van der Waals surface area contributed by atoms with Crippen LogP contribution in [0.1, 0.15) is 54.9 Å². The third-order valence-corrected chi connectivity index (χ3v) is 6.47. The Kier molecular flexibility index (Phi) is 5.88. The molecular formula is C21H26F2N6O5. The molecule has 0 spiro atoms. The van der Waals surface area contributed by atoms with E-state index in [9.17, 15) is 18.4 Å². The summed E-state index contributed by atoms with van der Waals surface area (Å²) in [5.74, 6) is 0.447. The minimum Gasteiger partial charge on any atom is -0.471 e. The van der Waals surface area contributed by atoms with Crippen molar-refractivity contribution in [3.8, 4) is 5.88 Å². The Balaban J connectivity index is 1.14. The first-order chi connectivity index (χ1) is 16.3. The Hall–Kier alpha value is -3.22. The third-order valence-electron chi connectivity index (χ3n) is 6.47. The van der Waals surface area contributed by atoms with E-state index >= 15 is 0 Å². The average molecular weight is 480 g/mol. The summed E-state index contributed by atoms with van der Waals surface area (Å²) in [6.07, 6.45) is -0.199. The van der Waals surface area contributed by atoms with Crippen molar-refractivity contribution in [1.29, 1.82) is 0 Å². The molecule has 11 nitrogen and oxygen atoms in total. The van der Waals surface area contributed by atoms with Crippen LogP contribution in [0.25, 0.3) is 0 Å². The molecule has 2 amide bonds. The standard InChI is InChI=1S/C21H26F2N6O5/c1-2-29-14(5-18(28-29)33-10-16(22)23)19(30)24-17-4-13(26-27-17)15-3-12(9-32-15)34-20(31)25-21-6-11(7-21)8-21/h4-5,11-12,15-16H,2-3,6-10H2,1H3,(H,25,31)(H2,24,26,27,30)/t11?,12-,15-,21?/m1/s1. The number of ether oxygens (including phenoxy) is 3. The van der Waals surface area contributed by atoms with Gasteiger partial charge in [-0.05, 0) is 32.1 Å². The fraction of sp³-hybridized carbons (Fsp3) is 0.619. The smallest absolute Gasteiger partial charge is 0.407 e. The number of carbonyl (C=O) groups is 2. The van der Waals surface area contributed by atoms with Crippen molar-refractivity contribution in [2.24, 2.45) is 5.92 Å². The van der Waals surface area contributed by atoms with Gasteiger partial charge in [0.2, 0.25) is 5.88 Å². The summed E-state index contributed by atoms with van der Waals surface area (Å²) >= 11 is 0. The number of aromatic amines is 1. The monoisotopic (exact) mass is 480 g/mol. The van der Waals surface area contributed by atoms with Gasteiger partial charge in [-0.2, -0.15) is 5.10 Å². The Morgan fingerprint density at radius 1 is 1.35 bits per heavy atom. The van der Waals surface area contributed by atoms with Gasteiger partial charge in [0.1, 0.15) is 17.9 Å². The SMILES string of the molecule is CCn1nc(OCC(F)F)cc1C(=O)Nc1cc([C@H]2C[C@@H](OC(=O)NC34CC(C3)C4)CO2)[nH]n1. The van der Waals surface area contributed by atoms with Crippen molar-refractivity contribution in [1.82, 2.24) is 25.3 Å². The minimum atomic E-state index is -2.64. The number of alkyl carbamates (subject to hydrolysis) is 1. The number of aryl methyl sites for hydroxylation is 1. The first-order valence-corrected chi connectivity index (χ1v) is 11.3. The first kappa shape index (κ1) is 22.6. The van der Waals surface area contributed by atoms with Gasteiger partial charge in [0.05, 0.1) is 12.3 Å². The maximum absolute atomic E-state index is 12.7. The molecule has 34 heavy (non-hydrogen) atoms. The van der Waals surface area contributed by atoms with Crippen LogP contribution in [0.4, 0.5) is 19.4 Å². The second kappa shape index (κ2) is 8.85. The van der Waals surface area contributed by atoms with Crippen LogP contribution in [0.3, 0.4) is 0 Å². The second-order valence-corrected chi connectivity index (χ2v) is 9.02. The number of alkyl halides is 2. The molecule has 1 aliphatic heterocycles. The molecule has 3 heterocycles. The Morgan fingerprint density at radius 3 is 2.82 bits per heavy atom. The van der Waals surface area contributed by atoms with E-state index in [0.29, 0.717) is 18.7 Å². The molecule has 0 radical (unpaired) electrons. The van der Waals surface area contributed by atoms with Crippen LogP contribution in [-0.4, -0.2) is 63.3 Å². The maximum atomic E-state index is 12.7. The molecular weight excluding hydrogens is 454 g/mol. The van der Waals surface area contributed by atoms with Crippen LogP contribution >= 0.6 is 0 Å². The summed E-state index contributed by atoms with van der Waals surface area (Å²) in [7, 11) is 0. The summed E-state index contributed by atoms with van der Waals surface area (Å²) in [5, 5.41) is 16.5. The van der Waals surface area contributed by atoms with Crippen LogP contribution in [-0.2, 0) is 16.0 Å². The van der Waals surface area contributed by atoms with Gasteiger partial charge in [0.15, 0.2) is 12.4 Å². The van der Waals surface area contributed by atoms with Crippen LogP contribution in [0.2, 0.25) is 0 Å². The third kappa shape index (κ3) is 4.56. The lowest BCUT2D eigenvalue weighted by atomic mass is 9.50. The van der Waals surface area contributed by atoms with Gasteiger partial charge in [-0.25, -0.2) is 13.6 Å². The number of rotatable bonds is 9. The van der Waals surface area contributed by atoms with Crippen LogP contribution < -0.4 is 15.4 Å². The summed E-state index contributed by atoms with van der Waals surface area (Å²) < 4.78 is 42.2. The van der Waals surface area contributed by atoms with Crippen molar-refractivity contribution in [3.63, 3.8) is 0 Å². The van der Waals surface area contributed by atoms with Crippen molar-refractivity contribution in [2.75, 3.05) is 18.5 Å². The Morgan fingerprint density at radius 2 is 2.15 bits per heavy atom. The minimum absolute atomic E-state index is 0.0416. The lowest BCUT2D eigenvalue weighted by Gasteiger charge is -2.61. The predicted molar refractivity (Wildman–Crippen MR) is 113 cm³/mol. The van der Waals surface area contributed by atoms with Gasteiger partial charge in [0.25, 0.3) is 12.3 Å². The Labute approximate surface area is 193 Å². The lowest BCUT2D eigenvalue weighted by molar-refractivity contribution is -0.0510. The lowest BCUT2D eigenvalue weighted by Crippen LogP contribution is -2.68. The molecule has 1 saturated heterocycles. The van der Waals surface area contributed by atoms with Gasteiger partial charge in [-0.3, -0.25) is 14.6 Å². The van der Waals surface area contributed by atoms with Crippen molar-refractivity contribution >= 4 is 17.8 Å². The zero-order valence-electron chi connectivity index (χ0n) is 18.6. The number of H-pyrrole nitrogens is 1. The van der Waals surface area contributed by atoms with Gasteiger partial charge in [-0.15, -0.1) is 5.10 Å². The number of anilines is 1. The van der Waals surface area contributed by atoms with E-state index in [4.69, 9.17) is 14.2 Å². The molecule has 3 aliphatic carbocycles. The second-order valence-electron chi connectivity index (χ2n) is 9.02. The average Bonchev–Trinajstić information content (AvgIpc) is 3.47. The van der Waals surface area contributed by atoms with E-state index in [2.05, 4.69) is 25.9 Å². The molecule has 0 unspecified atom stereocenters. The van der Waals surface area contributed by atoms with Gasteiger partial charge in [0, 0.05) is 30.6 Å². The number of aromatic nitrogens is 4. The molecule has 2 bridgehead atoms. The van der Waals surface area contributed by atoms with E-state index in [1.54, 1.807) is 13.0 Å². The summed E-state index contributed by atoms with van der Waals surface area (Å²) in [4.78, 5) is 24.8. The highest BCUT2D eigenvalue weighted by molar-refractivity contribution is 6.02. The van der Waals surface area contributed by atoms with Crippen LogP contribution in [0, 0.1) is 5.92 Å². The van der Waals surface area contributed by atoms with Gasteiger partial charge >= 0.3 is 6.09 Å². The number of amides is 2. The molecule has 184 valence electrons. The largest absolute Gasteiger partial charge is 0.471 e. The van der Waals surface area contributed by atoms with E-state index in [0.717, 1.165) is 25.2 Å². The number of carbonyl (C=O) groups excluding carboxylic acids is 2. The molecule has 2 atom stereocenters. The molecule has 6 rings (SSSR count). The van der Waals surface area contributed by atoms with Gasteiger partial charge < -0.3 is 24.8 Å². The van der Waals surface area contributed by atoms with Crippen molar-refractivity contribution in [2.45, 2.75) is 63.3 Å². The molecule has 3 N–H and O–H groups in total. The van der Waals surface area contributed by atoms with Crippen molar-refractivity contribution < 1.29 is 32.6 Å². The normalized spacial score (nSPS) is 27.1. The number of hydrogen-bond acceptors (Lipinski definition) is 7. The molecule has 4 fully saturated rings. The van der Waals surface area contributed by atoms with E-state index < -0.39 is 25.0 Å². The molecule has 13 heteroatoms. The maximum Gasteiger partial charge on any atom is 0.407 e. The molecule has 0 aromatic carbocycles.